The molecule has 0 aliphatic heterocycles. The monoisotopic (exact) mass is 454 g/mol. The first kappa shape index (κ1) is 22.1. The van der Waals surface area contributed by atoms with Gasteiger partial charge in [0, 0.05) is 11.1 Å². The van der Waals surface area contributed by atoms with E-state index < -0.39 is 10.5 Å². The van der Waals surface area contributed by atoms with Crippen LogP contribution in [0.1, 0.15) is 42.3 Å². The maximum atomic E-state index is 13.4. The van der Waals surface area contributed by atoms with Crippen molar-refractivity contribution in [2.24, 2.45) is 0 Å². The van der Waals surface area contributed by atoms with E-state index >= 15 is 0 Å². The van der Waals surface area contributed by atoms with E-state index in [-0.39, 0.29) is 11.6 Å². The Bertz CT molecular complexity index is 1050. The second kappa shape index (κ2) is 11.0. The Morgan fingerprint density at radius 1 is 0.438 bits per heavy atom. The van der Waals surface area contributed by atoms with Gasteiger partial charge in [-0.25, -0.2) is 0 Å². The zero-order valence-corrected chi connectivity index (χ0v) is 19.0. The summed E-state index contributed by atoms with van der Waals surface area (Å²) < 4.78 is 0. The summed E-state index contributed by atoms with van der Waals surface area (Å²) >= 11 is 0. The maximum Gasteiger partial charge on any atom is 0.181 e. The minimum absolute atomic E-state index is 0.0354. The molecule has 32 heavy (non-hydrogen) atoms. The highest BCUT2D eigenvalue weighted by atomic mass is 33.1. The average molecular weight is 455 g/mol. The number of hydrogen-bond donors (Lipinski definition) is 0. The predicted molar refractivity (Wildman–Crippen MR) is 135 cm³/mol. The zero-order valence-electron chi connectivity index (χ0n) is 17.3. The van der Waals surface area contributed by atoms with E-state index in [1.807, 2.05) is 121 Å². The van der Waals surface area contributed by atoms with Gasteiger partial charge in [0.15, 0.2) is 11.6 Å². The van der Waals surface area contributed by atoms with Crippen LogP contribution in [0.25, 0.3) is 0 Å². The van der Waals surface area contributed by atoms with Gasteiger partial charge < -0.3 is 0 Å². The molecule has 0 fully saturated rings. The molecular weight excluding hydrogens is 432 g/mol. The lowest BCUT2D eigenvalue weighted by Crippen LogP contribution is -2.12. The summed E-state index contributed by atoms with van der Waals surface area (Å²) in [5.74, 6) is 0.0709. The summed E-state index contributed by atoms with van der Waals surface area (Å²) in [4.78, 5) is 26.8. The van der Waals surface area contributed by atoms with Crippen molar-refractivity contribution < 1.29 is 9.59 Å². The highest BCUT2D eigenvalue weighted by Gasteiger charge is 2.28. The quantitative estimate of drug-likeness (QED) is 0.192. The van der Waals surface area contributed by atoms with Crippen LogP contribution in [0.15, 0.2) is 121 Å². The zero-order chi connectivity index (χ0) is 22.2. The van der Waals surface area contributed by atoms with E-state index in [9.17, 15) is 9.59 Å². The standard InChI is InChI=1S/C28H22O2S2/c29-25(21-13-5-1-6-14-21)27(23-17-9-3-10-18-23)31-32-28(24-19-11-4-12-20-24)26(30)22-15-7-2-8-16-22/h1-20,27-28H. The van der Waals surface area contributed by atoms with Gasteiger partial charge in [-0.05, 0) is 11.1 Å². The third-order valence-electron chi connectivity index (χ3n) is 5.05. The van der Waals surface area contributed by atoms with Crippen LogP contribution in [0.4, 0.5) is 0 Å². The number of rotatable bonds is 9. The first-order valence-corrected chi connectivity index (χ1v) is 12.6. The summed E-state index contributed by atoms with van der Waals surface area (Å²) in [6.45, 7) is 0. The molecule has 0 radical (unpaired) electrons. The summed E-state index contributed by atoms with van der Waals surface area (Å²) in [6, 6.07) is 38.2. The number of carbonyl (C=O) groups excluding carboxylic acids is 2. The number of ketones is 2. The van der Waals surface area contributed by atoms with Crippen LogP contribution in [-0.2, 0) is 0 Å². The molecule has 0 saturated heterocycles. The van der Waals surface area contributed by atoms with Gasteiger partial charge in [-0.15, -0.1) is 0 Å². The Morgan fingerprint density at radius 3 is 1.03 bits per heavy atom. The fourth-order valence-corrected chi connectivity index (χ4v) is 6.44. The Labute approximate surface area is 196 Å². The van der Waals surface area contributed by atoms with Gasteiger partial charge in [0.25, 0.3) is 0 Å². The Hall–Kier alpha value is -3.08. The summed E-state index contributed by atoms with van der Waals surface area (Å²) in [7, 11) is 2.90. The highest BCUT2D eigenvalue weighted by molar-refractivity contribution is 8.77. The summed E-state index contributed by atoms with van der Waals surface area (Å²) in [5, 5.41) is -0.836. The van der Waals surface area contributed by atoms with E-state index in [0.29, 0.717) is 11.1 Å². The molecule has 0 amide bonds. The van der Waals surface area contributed by atoms with Gasteiger partial charge in [0.1, 0.15) is 10.5 Å². The van der Waals surface area contributed by atoms with Gasteiger partial charge in [-0.2, -0.15) is 0 Å². The molecular formula is C28H22O2S2. The molecule has 4 rings (SSSR count). The van der Waals surface area contributed by atoms with Crippen molar-refractivity contribution in [1.82, 2.24) is 0 Å². The lowest BCUT2D eigenvalue weighted by atomic mass is 10.0. The lowest BCUT2D eigenvalue weighted by Gasteiger charge is -2.20. The van der Waals surface area contributed by atoms with Crippen LogP contribution < -0.4 is 0 Å². The Morgan fingerprint density at radius 2 is 0.719 bits per heavy atom. The third-order valence-corrected chi connectivity index (χ3v) is 8.00. The van der Waals surface area contributed by atoms with Gasteiger partial charge >= 0.3 is 0 Å². The van der Waals surface area contributed by atoms with E-state index in [2.05, 4.69) is 0 Å². The Balaban J connectivity index is 1.64. The van der Waals surface area contributed by atoms with Crippen LogP contribution >= 0.6 is 21.6 Å². The minimum Gasteiger partial charge on any atom is -0.293 e. The molecule has 158 valence electrons. The minimum atomic E-state index is -0.418. The molecule has 2 nitrogen and oxygen atoms in total. The van der Waals surface area contributed by atoms with E-state index in [1.165, 1.54) is 21.6 Å². The normalized spacial score (nSPS) is 12.6. The number of benzene rings is 4. The topological polar surface area (TPSA) is 34.1 Å². The number of Topliss-reactive ketones (excluding diaryl/α,β-unsaturated/α-hetero) is 2. The molecule has 0 saturated carbocycles. The molecule has 0 aliphatic rings. The molecule has 0 spiro atoms. The lowest BCUT2D eigenvalue weighted by molar-refractivity contribution is 0.0980. The van der Waals surface area contributed by atoms with Crippen LogP contribution in [0, 0.1) is 0 Å². The SMILES string of the molecule is O=C(c1ccccc1)C(SSC(C(=O)c1ccccc1)c1ccccc1)c1ccccc1. The molecule has 0 heterocycles. The highest BCUT2D eigenvalue weighted by Crippen LogP contribution is 2.48. The van der Waals surface area contributed by atoms with Gasteiger partial charge in [0.05, 0.1) is 0 Å². The molecule has 0 bridgehead atoms. The Kier molecular flexibility index (Phi) is 7.59. The average Bonchev–Trinajstić information content (AvgIpc) is 2.88. The van der Waals surface area contributed by atoms with Gasteiger partial charge in [-0.3, -0.25) is 9.59 Å². The summed E-state index contributed by atoms with van der Waals surface area (Å²) in [5.41, 5.74) is 3.19. The molecule has 0 aliphatic carbocycles. The molecule has 4 aromatic rings. The van der Waals surface area contributed by atoms with Crippen LogP contribution in [0.2, 0.25) is 0 Å². The van der Waals surface area contributed by atoms with Gasteiger partial charge in [0.2, 0.25) is 0 Å². The van der Waals surface area contributed by atoms with Crippen molar-refractivity contribution in [3.05, 3.63) is 144 Å². The second-order valence-corrected chi connectivity index (χ2v) is 9.72. The first-order chi connectivity index (χ1) is 15.7. The van der Waals surface area contributed by atoms with Crippen molar-refractivity contribution in [3.63, 3.8) is 0 Å². The van der Waals surface area contributed by atoms with E-state index in [1.54, 1.807) is 0 Å². The molecule has 0 aromatic heterocycles. The van der Waals surface area contributed by atoms with E-state index in [4.69, 9.17) is 0 Å². The van der Waals surface area contributed by atoms with Crippen molar-refractivity contribution in [2.75, 3.05) is 0 Å². The van der Waals surface area contributed by atoms with Crippen LogP contribution in [0.3, 0.4) is 0 Å². The predicted octanol–water partition coefficient (Wildman–Crippen LogP) is 7.62. The fourth-order valence-electron chi connectivity index (χ4n) is 3.38. The first-order valence-electron chi connectivity index (χ1n) is 10.3. The molecule has 2 unspecified atom stereocenters. The van der Waals surface area contributed by atoms with Crippen LogP contribution in [-0.4, -0.2) is 11.6 Å². The molecule has 4 aromatic carbocycles. The second-order valence-electron chi connectivity index (χ2n) is 7.23. The molecule has 2 atom stereocenters. The molecule has 4 heteroatoms. The largest absolute Gasteiger partial charge is 0.293 e. The van der Waals surface area contributed by atoms with Crippen molar-refractivity contribution >= 4 is 33.2 Å². The summed E-state index contributed by atoms with van der Waals surface area (Å²) in [6.07, 6.45) is 0. The maximum absolute atomic E-state index is 13.4. The van der Waals surface area contributed by atoms with Crippen molar-refractivity contribution in [3.8, 4) is 0 Å². The number of hydrogen-bond acceptors (Lipinski definition) is 4. The third kappa shape index (κ3) is 5.39. The molecule has 0 N–H and O–H groups in total. The van der Waals surface area contributed by atoms with Crippen molar-refractivity contribution in [1.29, 1.82) is 0 Å². The van der Waals surface area contributed by atoms with E-state index in [0.717, 1.165) is 11.1 Å². The van der Waals surface area contributed by atoms with Crippen molar-refractivity contribution in [2.45, 2.75) is 10.5 Å². The van der Waals surface area contributed by atoms with Crippen LogP contribution in [0.5, 0.6) is 0 Å². The number of carbonyl (C=O) groups is 2. The van der Waals surface area contributed by atoms with Gasteiger partial charge in [-0.1, -0.05) is 143 Å². The fraction of sp³-hybridized carbons (Fsp3) is 0.0714. The smallest absolute Gasteiger partial charge is 0.181 e.